The van der Waals surface area contributed by atoms with Crippen molar-refractivity contribution in [3.8, 4) is 0 Å². The Bertz CT molecular complexity index is 183. The Balaban J connectivity index is 1.98. The van der Waals surface area contributed by atoms with Crippen LogP contribution >= 0.6 is 22.9 Å². The molecule has 1 unspecified atom stereocenters. The van der Waals surface area contributed by atoms with Crippen molar-refractivity contribution >= 4 is 22.9 Å². The molecule has 76 valence electrons. The summed E-state index contributed by atoms with van der Waals surface area (Å²) in [4.78, 5) is 0. The third kappa shape index (κ3) is 1.76. The SMILES string of the molecule is CC(C)C1CCC12CCN(I)CC2. The number of hydrogen-bond donors (Lipinski definition) is 0. The number of hydrogen-bond acceptors (Lipinski definition) is 1. The highest BCUT2D eigenvalue weighted by Crippen LogP contribution is 2.56. The maximum atomic E-state index is 2.47. The van der Waals surface area contributed by atoms with E-state index in [1.54, 1.807) is 0 Å². The van der Waals surface area contributed by atoms with Crippen LogP contribution in [0.15, 0.2) is 0 Å². The van der Waals surface area contributed by atoms with Gasteiger partial charge in [0.15, 0.2) is 0 Å². The highest BCUT2D eigenvalue weighted by Gasteiger charge is 2.48. The summed E-state index contributed by atoms with van der Waals surface area (Å²) in [5.41, 5.74) is 0.774. The summed E-state index contributed by atoms with van der Waals surface area (Å²) >= 11 is 2.47. The molecule has 1 saturated heterocycles. The quantitative estimate of drug-likeness (QED) is 0.528. The topological polar surface area (TPSA) is 3.24 Å². The van der Waals surface area contributed by atoms with Crippen molar-refractivity contribution < 1.29 is 0 Å². The smallest absolute Gasteiger partial charge is 0.0201 e. The molecule has 0 aromatic carbocycles. The van der Waals surface area contributed by atoms with E-state index in [-0.39, 0.29) is 0 Å². The van der Waals surface area contributed by atoms with Gasteiger partial charge >= 0.3 is 0 Å². The normalized spacial score (nSPS) is 33.7. The lowest BCUT2D eigenvalue weighted by atomic mass is 9.53. The third-order valence-electron chi connectivity index (χ3n) is 4.25. The predicted octanol–water partition coefficient (Wildman–Crippen LogP) is 3.48. The van der Waals surface area contributed by atoms with E-state index in [9.17, 15) is 0 Å². The zero-order chi connectivity index (χ0) is 9.47. The summed E-state index contributed by atoms with van der Waals surface area (Å²) in [5.74, 6) is 1.95. The van der Waals surface area contributed by atoms with Crippen molar-refractivity contribution in [3.05, 3.63) is 0 Å². The van der Waals surface area contributed by atoms with E-state index in [0.717, 1.165) is 17.3 Å². The van der Waals surface area contributed by atoms with E-state index >= 15 is 0 Å². The van der Waals surface area contributed by atoms with Gasteiger partial charge in [0.2, 0.25) is 0 Å². The van der Waals surface area contributed by atoms with Gasteiger partial charge in [-0.2, -0.15) is 0 Å². The summed E-state index contributed by atoms with van der Waals surface area (Å²) in [6.07, 6.45) is 5.93. The Morgan fingerprint density at radius 3 is 2.23 bits per heavy atom. The van der Waals surface area contributed by atoms with Gasteiger partial charge in [0.1, 0.15) is 0 Å². The standard InChI is InChI=1S/C11H20IN/c1-9(2)10-3-4-11(10)5-7-13(12)8-6-11/h9-10H,3-8H2,1-2H3. The van der Waals surface area contributed by atoms with Crippen LogP contribution in [-0.2, 0) is 0 Å². The Hall–Kier alpha value is 0.690. The van der Waals surface area contributed by atoms with Gasteiger partial charge in [-0.05, 0) is 42.9 Å². The summed E-state index contributed by atoms with van der Waals surface area (Å²) in [7, 11) is 0. The first kappa shape index (κ1) is 10.2. The molecule has 1 saturated carbocycles. The molecule has 1 spiro atoms. The van der Waals surface area contributed by atoms with Crippen LogP contribution in [0.25, 0.3) is 0 Å². The van der Waals surface area contributed by atoms with E-state index < -0.39 is 0 Å². The van der Waals surface area contributed by atoms with E-state index in [1.165, 1.54) is 38.8 Å². The molecule has 13 heavy (non-hydrogen) atoms. The highest BCUT2D eigenvalue weighted by atomic mass is 127. The Morgan fingerprint density at radius 1 is 1.23 bits per heavy atom. The lowest BCUT2D eigenvalue weighted by Crippen LogP contribution is -2.48. The molecule has 1 aliphatic heterocycles. The van der Waals surface area contributed by atoms with Crippen LogP contribution < -0.4 is 0 Å². The molecule has 0 aromatic heterocycles. The molecular formula is C11H20IN. The number of nitrogens with zero attached hydrogens (tertiary/aromatic N) is 1. The van der Waals surface area contributed by atoms with Crippen molar-refractivity contribution in [1.29, 1.82) is 0 Å². The molecule has 1 nitrogen and oxygen atoms in total. The summed E-state index contributed by atoms with van der Waals surface area (Å²) in [6, 6.07) is 0. The fourth-order valence-corrected chi connectivity index (χ4v) is 3.79. The second-order valence-corrected chi connectivity index (χ2v) is 6.53. The van der Waals surface area contributed by atoms with Crippen LogP contribution in [0.2, 0.25) is 0 Å². The number of piperidine rings is 1. The molecule has 1 aliphatic carbocycles. The van der Waals surface area contributed by atoms with Crippen LogP contribution in [0.4, 0.5) is 0 Å². The lowest BCUT2D eigenvalue weighted by Gasteiger charge is -2.55. The fraction of sp³-hybridized carbons (Fsp3) is 1.00. The molecule has 2 aliphatic rings. The van der Waals surface area contributed by atoms with Crippen molar-refractivity contribution in [2.75, 3.05) is 13.1 Å². The third-order valence-corrected chi connectivity index (χ3v) is 5.21. The number of halogens is 1. The molecule has 0 radical (unpaired) electrons. The van der Waals surface area contributed by atoms with Gasteiger partial charge in [-0.1, -0.05) is 13.8 Å². The zero-order valence-corrected chi connectivity index (χ0v) is 10.9. The fourth-order valence-electron chi connectivity index (χ4n) is 3.31. The van der Waals surface area contributed by atoms with Crippen molar-refractivity contribution in [1.82, 2.24) is 3.11 Å². The minimum absolute atomic E-state index is 0.774. The summed E-state index contributed by atoms with van der Waals surface area (Å²) in [6.45, 7) is 7.46. The molecule has 0 N–H and O–H groups in total. The monoisotopic (exact) mass is 293 g/mol. The average Bonchev–Trinajstić information content (AvgIpc) is 2.03. The van der Waals surface area contributed by atoms with E-state index in [2.05, 4.69) is 39.8 Å². The Morgan fingerprint density at radius 2 is 1.85 bits per heavy atom. The van der Waals surface area contributed by atoms with Crippen LogP contribution in [0.5, 0.6) is 0 Å². The van der Waals surface area contributed by atoms with E-state index in [1.807, 2.05) is 0 Å². The van der Waals surface area contributed by atoms with Crippen LogP contribution in [-0.4, -0.2) is 16.2 Å². The van der Waals surface area contributed by atoms with Crippen molar-refractivity contribution in [3.63, 3.8) is 0 Å². The van der Waals surface area contributed by atoms with Crippen LogP contribution in [0.3, 0.4) is 0 Å². The first-order valence-electron chi connectivity index (χ1n) is 5.55. The zero-order valence-electron chi connectivity index (χ0n) is 8.72. The van der Waals surface area contributed by atoms with E-state index in [0.29, 0.717) is 0 Å². The van der Waals surface area contributed by atoms with Gasteiger partial charge in [-0.15, -0.1) is 0 Å². The summed E-state index contributed by atoms with van der Waals surface area (Å²) in [5, 5.41) is 0. The first-order chi connectivity index (χ1) is 6.14. The highest BCUT2D eigenvalue weighted by molar-refractivity contribution is 14.1. The molecule has 1 atom stereocenters. The van der Waals surface area contributed by atoms with Gasteiger partial charge in [0.05, 0.1) is 0 Å². The minimum atomic E-state index is 0.774. The second-order valence-electron chi connectivity index (χ2n) is 5.16. The number of rotatable bonds is 1. The lowest BCUT2D eigenvalue weighted by molar-refractivity contribution is -0.0403. The van der Waals surface area contributed by atoms with Gasteiger partial charge in [0.25, 0.3) is 0 Å². The van der Waals surface area contributed by atoms with E-state index in [4.69, 9.17) is 0 Å². The molecular weight excluding hydrogens is 273 g/mol. The minimum Gasteiger partial charge on any atom is -0.248 e. The largest absolute Gasteiger partial charge is 0.248 e. The van der Waals surface area contributed by atoms with Crippen LogP contribution in [0.1, 0.15) is 39.5 Å². The molecule has 2 rings (SSSR count). The van der Waals surface area contributed by atoms with Crippen molar-refractivity contribution in [2.24, 2.45) is 17.3 Å². The molecule has 2 fully saturated rings. The first-order valence-corrected chi connectivity index (χ1v) is 6.51. The molecule has 0 amide bonds. The molecule has 0 aromatic rings. The molecule has 0 bridgehead atoms. The van der Waals surface area contributed by atoms with Gasteiger partial charge in [-0.3, -0.25) is 0 Å². The van der Waals surface area contributed by atoms with Gasteiger partial charge in [0, 0.05) is 36.0 Å². The van der Waals surface area contributed by atoms with Gasteiger partial charge < -0.3 is 0 Å². The average molecular weight is 293 g/mol. The predicted molar refractivity (Wildman–Crippen MR) is 64.8 cm³/mol. The van der Waals surface area contributed by atoms with Crippen LogP contribution in [0, 0.1) is 17.3 Å². The maximum absolute atomic E-state index is 2.47. The maximum Gasteiger partial charge on any atom is 0.0201 e. The molecule has 2 heteroatoms. The molecule has 1 heterocycles. The van der Waals surface area contributed by atoms with Crippen molar-refractivity contribution in [2.45, 2.75) is 39.5 Å². The summed E-state index contributed by atoms with van der Waals surface area (Å²) < 4.78 is 2.46. The second kappa shape index (κ2) is 3.69. The van der Waals surface area contributed by atoms with Gasteiger partial charge in [-0.25, -0.2) is 3.11 Å². The Kier molecular flexibility index (Phi) is 2.90. The Labute approximate surface area is 95.8 Å².